The van der Waals surface area contributed by atoms with Crippen molar-refractivity contribution in [2.45, 2.75) is 12.3 Å². The lowest BCUT2D eigenvalue weighted by atomic mass is 10.1. The van der Waals surface area contributed by atoms with E-state index in [0.29, 0.717) is 11.3 Å². The van der Waals surface area contributed by atoms with Crippen LogP contribution in [0.4, 0.5) is 0 Å². The minimum atomic E-state index is -1.39. The van der Waals surface area contributed by atoms with E-state index in [9.17, 15) is 15.2 Å². The summed E-state index contributed by atoms with van der Waals surface area (Å²) in [5.74, 6) is 0.363. The number of nitro groups is 1. The molecule has 0 fully saturated rings. The van der Waals surface area contributed by atoms with Crippen molar-refractivity contribution >= 4 is 15.9 Å². The van der Waals surface area contributed by atoms with Gasteiger partial charge in [-0.3, -0.25) is 10.1 Å². The Balaban J connectivity index is 2.41. The van der Waals surface area contributed by atoms with Gasteiger partial charge in [-0.15, -0.1) is 0 Å². The van der Waals surface area contributed by atoms with E-state index in [2.05, 4.69) is 15.9 Å². The molecule has 0 amide bonds. The van der Waals surface area contributed by atoms with Crippen molar-refractivity contribution < 1.29 is 14.8 Å². The van der Waals surface area contributed by atoms with E-state index in [1.807, 2.05) is 0 Å². The fraction of sp³-hybridized carbons (Fsp3) is 0.250. The van der Waals surface area contributed by atoms with Crippen molar-refractivity contribution in [3.8, 4) is 5.75 Å². The highest BCUT2D eigenvalue weighted by Gasteiger charge is 2.41. The third kappa shape index (κ3) is 1.36. The SMILES string of the molecule is O=[N+]([O-])[C@@H]1Oc2ccc(Br)cc2[C@H]1O. The van der Waals surface area contributed by atoms with Gasteiger partial charge in [0.1, 0.15) is 5.75 Å². The number of ether oxygens (including phenoxy) is 1. The standard InChI is InChI=1S/C8H6BrNO4/c9-4-1-2-6-5(3-4)7(11)8(14-6)10(12)13/h1-3,7-8,11H/t7-,8-/m1/s1. The molecule has 1 heterocycles. The highest BCUT2D eigenvalue weighted by molar-refractivity contribution is 9.10. The van der Waals surface area contributed by atoms with E-state index < -0.39 is 17.3 Å². The van der Waals surface area contributed by atoms with Crippen LogP contribution in [0, 0.1) is 10.1 Å². The molecule has 0 aliphatic carbocycles. The van der Waals surface area contributed by atoms with Crippen molar-refractivity contribution in [2.75, 3.05) is 0 Å². The second kappa shape index (κ2) is 3.21. The summed E-state index contributed by atoms with van der Waals surface area (Å²) >= 11 is 3.21. The molecule has 14 heavy (non-hydrogen) atoms. The van der Waals surface area contributed by atoms with Gasteiger partial charge in [0.05, 0.1) is 4.92 Å². The number of halogens is 1. The highest BCUT2D eigenvalue weighted by atomic mass is 79.9. The van der Waals surface area contributed by atoms with Crippen molar-refractivity contribution in [3.05, 3.63) is 38.3 Å². The van der Waals surface area contributed by atoms with Gasteiger partial charge in [-0.1, -0.05) is 15.9 Å². The average molecular weight is 260 g/mol. The van der Waals surface area contributed by atoms with Gasteiger partial charge >= 0.3 is 6.23 Å². The molecular formula is C8H6BrNO4. The summed E-state index contributed by atoms with van der Waals surface area (Å²) in [6.07, 6.45) is -2.59. The van der Waals surface area contributed by atoms with Gasteiger partial charge in [0.15, 0.2) is 6.10 Å². The Hall–Kier alpha value is -1.14. The molecule has 0 bridgehead atoms. The second-order valence-corrected chi connectivity index (χ2v) is 3.84. The van der Waals surface area contributed by atoms with E-state index in [1.54, 1.807) is 18.2 Å². The molecule has 1 aliphatic heterocycles. The molecule has 0 saturated heterocycles. The van der Waals surface area contributed by atoms with Crippen LogP contribution in [-0.2, 0) is 0 Å². The molecule has 2 rings (SSSR count). The van der Waals surface area contributed by atoms with E-state index in [1.165, 1.54) is 0 Å². The Bertz CT molecular complexity index is 395. The molecule has 0 unspecified atom stereocenters. The molecular weight excluding hydrogens is 254 g/mol. The zero-order chi connectivity index (χ0) is 10.3. The predicted octanol–water partition coefficient (Wildman–Crippen LogP) is 1.48. The Morgan fingerprint density at radius 1 is 1.57 bits per heavy atom. The maximum absolute atomic E-state index is 10.5. The van der Waals surface area contributed by atoms with Crippen LogP contribution in [0.2, 0.25) is 0 Å². The van der Waals surface area contributed by atoms with Crippen LogP contribution in [0.1, 0.15) is 11.7 Å². The Morgan fingerprint density at radius 2 is 2.29 bits per heavy atom. The first-order valence-electron chi connectivity index (χ1n) is 3.87. The molecule has 1 aromatic rings. The lowest BCUT2D eigenvalue weighted by Gasteiger charge is -2.04. The minimum Gasteiger partial charge on any atom is -0.427 e. The Labute approximate surface area is 87.6 Å². The normalized spacial score (nSPS) is 24.1. The number of fused-ring (bicyclic) bond motifs is 1. The molecule has 2 atom stereocenters. The summed E-state index contributed by atoms with van der Waals surface area (Å²) in [7, 11) is 0. The van der Waals surface area contributed by atoms with Gasteiger partial charge in [-0.25, -0.2) is 0 Å². The third-order valence-electron chi connectivity index (χ3n) is 2.02. The Kier molecular flexibility index (Phi) is 2.16. The quantitative estimate of drug-likeness (QED) is 0.613. The first kappa shape index (κ1) is 9.42. The minimum absolute atomic E-state index is 0.363. The van der Waals surface area contributed by atoms with Crippen LogP contribution in [0.5, 0.6) is 5.75 Å². The first-order valence-corrected chi connectivity index (χ1v) is 4.66. The van der Waals surface area contributed by atoms with Crippen LogP contribution >= 0.6 is 15.9 Å². The van der Waals surface area contributed by atoms with Crippen molar-refractivity contribution in [1.82, 2.24) is 0 Å². The lowest BCUT2D eigenvalue weighted by molar-refractivity contribution is -0.572. The number of hydrogen-bond acceptors (Lipinski definition) is 4. The summed E-state index contributed by atoms with van der Waals surface area (Å²) in [5, 5.41) is 20.0. The van der Waals surface area contributed by atoms with Crippen molar-refractivity contribution in [3.63, 3.8) is 0 Å². The summed E-state index contributed by atoms with van der Waals surface area (Å²) in [5.41, 5.74) is 0.445. The topological polar surface area (TPSA) is 72.6 Å². The van der Waals surface area contributed by atoms with E-state index >= 15 is 0 Å². The first-order chi connectivity index (χ1) is 6.59. The fourth-order valence-electron chi connectivity index (χ4n) is 1.36. The van der Waals surface area contributed by atoms with Crippen LogP contribution in [0.25, 0.3) is 0 Å². The largest absolute Gasteiger partial charge is 0.427 e. The highest BCUT2D eigenvalue weighted by Crippen LogP contribution is 2.38. The maximum Gasteiger partial charge on any atom is 0.384 e. The van der Waals surface area contributed by atoms with Crippen LogP contribution < -0.4 is 4.74 Å². The van der Waals surface area contributed by atoms with Gasteiger partial charge in [-0.2, -0.15) is 0 Å². The number of aliphatic hydroxyl groups is 1. The molecule has 74 valence electrons. The molecule has 1 aliphatic rings. The average Bonchev–Trinajstić information content (AvgIpc) is 2.44. The molecule has 6 heteroatoms. The molecule has 5 nitrogen and oxygen atoms in total. The molecule has 0 radical (unpaired) electrons. The molecule has 0 saturated carbocycles. The third-order valence-corrected chi connectivity index (χ3v) is 2.51. The maximum atomic E-state index is 10.5. The van der Waals surface area contributed by atoms with Gasteiger partial charge in [0.2, 0.25) is 0 Å². The number of nitrogens with zero attached hydrogens (tertiary/aromatic N) is 1. The van der Waals surface area contributed by atoms with Crippen molar-refractivity contribution in [2.24, 2.45) is 0 Å². The summed E-state index contributed by atoms with van der Waals surface area (Å²) in [4.78, 5) is 9.83. The summed E-state index contributed by atoms with van der Waals surface area (Å²) in [6.45, 7) is 0. The van der Waals surface area contributed by atoms with Gasteiger partial charge in [-0.05, 0) is 18.2 Å². The zero-order valence-electron chi connectivity index (χ0n) is 6.88. The van der Waals surface area contributed by atoms with E-state index in [-0.39, 0.29) is 0 Å². The van der Waals surface area contributed by atoms with Crippen LogP contribution in [-0.4, -0.2) is 16.3 Å². The predicted molar refractivity (Wildman–Crippen MR) is 50.5 cm³/mol. The van der Waals surface area contributed by atoms with Gasteiger partial charge in [0.25, 0.3) is 0 Å². The molecule has 1 N–H and O–H groups in total. The lowest BCUT2D eigenvalue weighted by Crippen LogP contribution is -2.27. The van der Waals surface area contributed by atoms with Gasteiger partial charge in [0, 0.05) is 10.0 Å². The number of rotatable bonds is 1. The number of hydrogen-bond donors (Lipinski definition) is 1. The van der Waals surface area contributed by atoms with E-state index in [0.717, 1.165) is 4.47 Å². The molecule has 0 aromatic heterocycles. The smallest absolute Gasteiger partial charge is 0.384 e. The second-order valence-electron chi connectivity index (χ2n) is 2.92. The monoisotopic (exact) mass is 259 g/mol. The van der Waals surface area contributed by atoms with E-state index in [4.69, 9.17) is 4.74 Å². The summed E-state index contributed by atoms with van der Waals surface area (Å²) in [6, 6.07) is 4.91. The van der Waals surface area contributed by atoms with Crippen LogP contribution in [0.3, 0.4) is 0 Å². The van der Waals surface area contributed by atoms with Crippen LogP contribution in [0.15, 0.2) is 22.7 Å². The fourth-order valence-corrected chi connectivity index (χ4v) is 1.74. The number of aliphatic hydroxyl groups excluding tert-OH is 1. The van der Waals surface area contributed by atoms with Crippen molar-refractivity contribution in [1.29, 1.82) is 0 Å². The number of benzene rings is 1. The van der Waals surface area contributed by atoms with Gasteiger partial charge < -0.3 is 9.84 Å². The Morgan fingerprint density at radius 3 is 2.93 bits per heavy atom. The molecule has 1 aromatic carbocycles. The zero-order valence-corrected chi connectivity index (χ0v) is 8.47. The summed E-state index contributed by atoms with van der Waals surface area (Å²) < 4.78 is 5.72. The molecule has 0 spiro atoms.